The number of carbonyl (C=O) groups excluding carboxylic acids is 1. The van der Waals surface area contributed by atoms with Gasteiger partial charge in [0.1, 0.15) is 6.61 Å². The molecule has 1 aromatic heterocycles. The number of fused-ring (bicyclic) bond motifs is 3. The number of hydrogen-bond acceptors (Lipinski definition) is 4. The van der Waals surface area contributed by atoms with Crippen LogP contribution < -0.4 is 9.42 Å². The Labute approximate surface area is 205 Å². The summed E-state index contributed by atoms with van der Waals surface area (Å²) < 4.78 is 14.4. The van der Waals surface area contributed by atoms with E-state index in [4.69, 9.17) is 67.4 Å². The molecule has 0 N–H and O–H groups in total. The fourth-order valence-corrected chi connectivity index (χ4v) is 2.97. The Bertz CT molecular complexity index is 1120. The van der Waals surface area contributed by atoms with Gasteiger partial charge in [-0.25, -0.2) is 4.79 Å². The second-order valence-corrected chi connectivity index (χ2v) is 63.5. The van der Waals surface area contributed by atoms with Crippen LogP contribution in [-0.4, -0.2) is 38.1 Å². The molecule has 0 unspecified atom stereocenters. The summed E-state index contributed by atoms with van der Waals surface area (Å²) in [5.41, 5.74) is 1.63. The molecule has 0 saturated carbocycles. The van der Waals surface area contributed by atoms with Gasteiger partial charge < -0.3 is 9.47 Å². The zero-order valence-electron chi connectivity index (χ0n) is 16.6. The summed E-state index contributed by atoms with van der Waals surface area (Å²) in [4.78, 5) is 17.5. The molecule has 0 aliphatic carbocycles. The Morgan fingerprint density at radius 2 is 1.66 bits per heavy atom. The second-order valence-electron chi connectivity index (χ2n) is 6.56. The molecule has 1 aliphatic heterocycles. The predicted molar refractivity (Wildman–Crippen MR) is 132 cm³/mol. The normalized spacial score (nSPS) is 14.8. The van der Waals surface area contributed by atoms with Crippen LogP contribution in [0.15, 0.2) is 54.6 Å². The second kappa shape index (κ2) is 9.22. The summed E-state index contributed by atoms with van der Waals surface area (Å²) in [5, 5.41) is 0. The van der Waals surface area contributed by atoms with E-state index in [0.29, 0.717) is 25.5 Å². The fraction of sp³-hybridized carbons (Fsp3) is 0.211. The van der Waals surface area contributed by atoms with Crippen LogP contribution in [0.2, 0.25) is 0 Å². The van der Waals surface area contributed by atoms with Crippen molar-refractivity contribution in [2.45, 2.75) is 13.3 Å². The van der Waals surface area contributed by atoms with E-state index >= 15 is 0 Å². The molecule has 0 bridgehead atoms. The molecule has 0 radical (unpaired) electrons. The van der Waals surface area contributed by atoms with Gasteiger partial charge in [0, 0.05) is 5.56 Å². The van der Waals surface area contributed by atoms with E-state index in [1.807, 2.05) is 54.6 Å². The van der Waals surface area contributed by atoms with Crippen molar-refractivity contribution in [2.75, 3.05) is 13.2 Å². The Morgan fingerprint density at radius 1 is 1.06 bits per heavy atom. The first kappa shape index (κ1) is 26.0. The molecule has 3 aromatic rings. The standard InChI is InChI=1S/C19H18N3O3.6ClH.Sb/c1-2-24-19(23)22-18(14-8-4-3-5-9-14)20-17-12-13-25-16-11-7-6-10-15(16)21(17)22;;;;;;;/h3-11H,2,12-13H2,1H3;6*1H;/q+1;;;;;;;+5/p-6. The zero-order chi connectivity index (χ0) is 23.6. The van der Waals surface area contributed by atoms with Gasteiger partial charge in [0.2, 0.25) is 0 Å². The molecule has 1 aliphatic rings. The first-order valence-corrected chi connectivity index (χ1v) is 28.7. The predicted octanol–water partition coefficient (Wildman–Crippen LogP) is 6.52. The molecule has 0 spiro atoms. The number of carbonyl (C=O) groups is 1. The van der Waals surface area contributed by atoms with Gasteiger partial charge in [-0.3, -0.25) is 0 Å². The molecule has 174 valence electrons. The number of benzene rings is 2. The minimum atomic E-state index is -5.42. The van der Waals surface area contributed by atoms with E-state index in [2.05, 4.69) is 0 Å². The molecule has 32 heavy (non-hydrogen) atoms. The zero-order valence-corrected chi connectivity index (χ0v) is 23.7. The van der Waals surface area contributed by atoms with Gasteiger partial charge in [-0.2, -0.15) is 0 Å². The quantitative estimate of drug-likeness (QED) is 0.230. The van der Waals surface area contributed by atoms with Gasteiger partial charge in [-0.1, -0.05) is 35.0 Å². The Kier molecular flexibility index (Phi) is 7.50. The molecule has 2 aromatic carbocycles. The van der Waals surface area contributed by atoms with Gasteiger partial charge >= 0.3 is 74.0 Å². The third-order valence-corrected chi connectivity index (χ3v) is 4.03. The van der Waals surface area contributed by atoms with Crippen molar-refractivity contribution in [3.8, 4) is 22.8 Å². The van der Waals surface area contributed by atoms with Crippen LogP contribution in [0, 0.1) is 0 Å². The molecule has 0 amide bonds. The van der Waals surface area contributed by atoms with Crippen molar-refractivity contribution < 1.29 is 19.0 Å². The third kappa shape index (κ3) is 7.73. The summed E-state index contributed by atoms with van der Waals surface area (Å²) in [6, 6.07) is 17.3. The van der Waals surface area contributed by atoms with Crippen LogP contribution in [0.4, 0.5) is 4.79 Å². The first-order valence-electron chi connectivity index (χ1n) is 9.29. The van der Waals surface area contributed by atoms with Crippen LogP contribution >= 0.6 is 53.0 Å². The van der Waals surface area contributed by atoms with E-state index in [1.54, 1.807) is 11.6 Å². The van der Waals surface area contributed by atoms with E-state index in [0.717, 1.165) is 22.8 Å². The number of para-hydroxylation sites is 2. The number of halogens is 6. The molecule has 2 heterocycles. The molecular weight excluding hydrogens is 653 g/mol. The van der Waals surface area contributed by atoms with Crippen LogP contribution in [0.3, 0.4) is 0 Å². The van der Waals surface area contributed by atoms with Crippen LogP contribution in [0.5, 0.6) is 5.75 Å². The monoisotopic (exact) mass is 667 g/mol. The van der Waals surface area contributed by atoms with Crippen molar-refractivity contribution in [2.24, 2.45) is 0 Å². The van der Waals surface area contributed by atoms with Gasteiger partial charge in [0.15, 0.2) is 11.4 Å². The van der Waals surface area contributed by atoms with Gasteiger partial charge in [-0.05, 0) is 36.2 Å². The Hall–Kier alpha value is -0.592. The molecule has 0 atom stereocenters. The fourth-order valence-electron chi connectivity index (χ4n) is 2.97. The van der Waals surface area contributed by atoms with E-state index < -0.39 is 15.2 Å². The van der Waals surface area contributed by atoms with Crippen LogP contribution in [0.25, 0.3) is 17.1 Å². The van der Waals surface area contributed by atoms with E-state index in [-0.39, 0.29) is 0 Å². The SMILES string of the molecule is CCOC(=O)n1c(-c2ccccc2)nc2[n+]1-c1ccccc1OCC2.[Cl][Sb-]([Cl])([Cl])([Cl])([Cl])[Cl]. The molecular formula is C19H18Cl6N3O3Sb. The van der Waals surface area contributed by atoms with Crippen molar-refractivity contribution in [1.82, 2.24) is 9.67 Å². The number of nitrogens with zero attached hydrogens (tertiary/aromatic N) is 3. The van der Waals surface area contributed by atoms with Crippen molar-refractivity contribution in [3.63, 3.8) is 0 Å². The summed E-state index contributed by atoms with van der Waals surface area (Å²) in [6.45, 7) is 2.58. The number of aromatic nitrogens is 3. The number of hydrogen-bond donors (Lipinski definition) is 0. The summed E-state index contributed by atoms with van der Waals surface area (Å²) in [6.07, 6.45) is 0.137. The molecule has 13 heteroatoms. The van der Waals surface area contributed by atoms with Crippen molar-refractivity contribution in [3.05, 3.63) is 60.4 Å². The molecule has 0 fully saturated rings. The van der Waals surface area contributed by atoms with Gasteiger partial charge in [-0.15, -0.1) is 4.68 Å². The van der Waals surface area contributed by atoms with E-state index in [9.17, 15) is 4.79 Å². The number of rotatable bonds is 2. The Morgan fingerprint density at radius 3 is 2.28 bits per heavy atom. The Balaban J connectivity index is 0.000000360. The first-order chi connectivity index (χ1) is 14.7. The van der Waals surface area contributed by atoms with Gasteiger partial charge in [0.05, 0.1) is 13.0 Å². The molecule has 6 nitrogen and oxygen atoms in total. The summed E-state index contributed by atoms with van der Waals surface area (Å²) >= 11 is 0. The van der Waals surface area contributed by atoms with Gasteiger partial charge in [0.25, 0.3) is 5.82 Å². The molecule has 4 rings (SSSR count). The average molecular weight is 671 g/mol. The third-order valence-electron chi connectivity index (χ3n) is 4.03. The summed E-state index contributed by atoms with van der Waals surface area (Å²) in [5.74, 6) is 2.04. The average Bonchev–Trinajstić information content (AvgIpc) is 2.97. The van der Waals surface area contributed by atoms with Crippen molar-refractivity contribution >= 4 is 68.2 Å². The van der Waals surface area contributed by atoms with Crippen LogP contribution in [0.1, 0.15) is 12.7 Å². The topological polar surface area (TPSA) is 57.2 Å². The van der Waals surface area contributed by atoms with E-state index in [1.165, 1.54) is 4.68 Å². The maximum absolute atomic E-state index is 12.7. The minimum absolute atomic E-state index is 0.290. The maximum atomic E-state index is 12.7. The van der Waals surface area contributed by atoms with Crippen molar-refractivity contribution in [1.29, 1.82) is 0 Å². The summed E-state index contributed by atoms with van der Waals surface area (Å²) in [7, 11) is 25.0. The number of ether oxygens (including phenoxy) is 2. The molecule has 0 saturated heterocycles. The van der Waals surface area contributed by atoms with Crippen LogP contribution in [-0.2, 0) is 11.2 Å².